The van der Waals surface area contributed by atoms with Gasteiger partial charge in [-0.05, 0) is 62.1 Å². The van der Waals surface area contributed by atoms with Crippen molar-refractivity contribution < 1.29 is 14.4 Å². The molecule has 5 rings (SSSR count). The molecule has 34 heavy (non-hydrogen) atoms. The predicted octanol–water partition coefficient (Wildman–Crippen LogP) is 3.23. The summed E-state index contributed by atoms with van der Waals surface area (Å²) in [6.07, 6.45) is 5.08. The maximum Gasteiger partial charge on any atom is 0.254 e. The van der Waals surface area contributed by atoms with Crippen LogP contribution in [-0.4, -0.2) is 48.8 Å². The van der Waals surface area contributed by atoms with E-state index in [-0.39, 0.29) is 29.6 Å². The zero-order valence-electron chi connectivity index (χ0n) is 19.7. The lowest BCUT2D eigenvalue weighted by Gasteiger charge is -2.38. The number of benzene rings is 2. The molecule has 3 aliphatic rings. The first-order chi connectivity index (χ1) is 16.4. The van der Waals surface area contributed by atoms with Gasteiger partial charge in [0.15, 0.2) is 0 Å². The van der Waals surface area contributed by atoms with Crippen LogP contribution in [0, 0.1) is 25.7 Å². The Hall–Kier alpha value is -3.61. The molecule has 0 saturated carbocycles. The molecule has 0 bridgehead atoms. The van der Waals surface area contributed by atoms with Crippen molar-refractivity contribution in [3.8, 4) is 0 Å². The van der Waals surface area contributed by atoms with E-state index in [9.17, 15) is 14.4 Å². The summed E-state index contributed by atoms with van der Waals surface area (Å²) in [5, 5.41) is 1.32. The highest BCUT2D eigenvalue weighted by atomic mass is 16.2. The molecule has 2 saturated heterocycles. The molecule has 3 amide bonds. The summed E-state index contributed by atoms with van der Waals surface area (Å²) in [5.74, 6) is -0.992. The molecular weight excluding hydrogens is 428 g/mol. The van der Waals surface area contributed by atoms with E-state index in [1.807, 2.05) is 17.1 Å². The number of nitrogens with zero attached hydrogens (tertiary/aromatic N) is 3. The number of hydrogen-bond acceptors (Lipinski definition) is 4. The van der Waals surface area contributed by atoms with E-state index in [0.29, 0.717) is 37.2 Å². The van der Waals surface area contributed by atoms with Gasteiger partial charge in [-0.1, -0.05) is 30.4 Å². The summed E-state index contributed by atoms with van der Waals surface area (Å²) in [5.41, 5.74) is 7.55. The second kappa shape index (κ2) is 8.97. The molecule has 1 N–H and O–H groups in total. The average Bonchev–Trinajstić information content (AvgIpc) is 2.87. The topological polar surface area (TPSA) is 73.0 Å². The van der Waals surface area contributed by atoms with Crippen molar-refractivity contribution >= 4 is 29.1 Å². The van der Waals surface area contributed by atoms with Crippen molar-refractivity contribution in [2.45, 2.75) is 26.7 Å². The first-order valence-electron chi connectivity index (χ1n) is 11.9. The van der Waals surface area contributed by atoms with E-state index < -0.39 is 0 Å². The lowest BCUT2D eigenvalue weighted by atomic mass is 9.80. The number of nitrogens with one attached hydrogen (secondary N) is 1. The van der Waals surface area contributed by atoms with Crippen LogP contribution >= 0.6 is 0 Å². The van der Waals surface area contributed by atoms with Crippen molar-refractivity contribution in [1.29, 1.82) is 0 Å². The zero-order chi connectivity index (χ0) is 23.8. The fourth-order valence-electron chi connectivity index (χ4n) is 5.17. The molecule has 2 aromatic carbocycles. The maximum absolute atomic E-state index is 13.3. The molecule has 0 radical (unpaired) electrons. The fraction of sp³-hybridized carbons (Fsp3) is 0.370. The first kappa shape index (κ1) is 22.2. The van der Waals surface area contributed by atoms with Crippen molar-refractivity contribution in [3.63, 3.8) is 0 Å². The molecule has 2 fully saturated rings. The van der Waals surface area contributed by atoms with Crippen molar-refractivity contribution in [2.75, 3.05) is 36.1 Å². The number of fused-ring (bicyclic) bond motifs is 1. The molecular formula is C27H30N4O3. The largest absolute Gasteiger partial charge is 0.368 e. The SMILES string of the molecule is Cc1cccc(N2CCN(C(=O)c3cccc(N4NC(=O)[C@@H]5CC=CC[C@H]5C4=O)c3)CC2)c1C. The molecule has 0 aromatic heterocycles. The van der Waals surface area contributed by atoms with E-state index in [2.05, 4.69) is 42.4 Å². The lowest BCUT2D eigenvalue weighted by Crippen LogP contribution is -2.59. The third-order valence-electron chi connectivity index (χ3n) is 7.36. The molecule has 2 heterocycles. The molecule has 0 unspecified atom stereocenters. The van der Waals surface area contributed by atoms with Crippen LogP contribution in [-0.2, 0) is 9.59 Å². The highest BCUT2D eigenvalue weighted by Crippen LogP contribution is 2.32. The van der Waals surface area contributed by atoms with Gasteiger partial charge in [-0.15, -0.1) is 0 Å². The summed E-state index contributed by atoms with van der Waals surface area (Å²) in [7, 11) is 0. The minimum atomic E-state index is -0.351. The third-order valence-corrected chi connectivity index (χ3v) is 7.36. The smallest absolute Gasteiger partial charge is 0.254 e. The van der Waals surface area contributed by atoms with Crippen LogP contribution in [0.25, 0.3) is 0 Å². The minimum absolute atomic E-state index is 0.0586. The molecule has 1 aliphatic carbocycles. The average molecular weight is 459 g/mol. The van der Waals surface area contributed by atoms with Crippen molar-refractivity contribution in [2.24, 2.45) is 11.8 Å². The van der Waals surface area contributed by atoms with Crippen LogP contribution in [0.4, 0.5) is 11.4 Å². The molecule has 176 valence electrons. The molecule has 0 spiro atoms. The van der Waals surface area contributed by atoms with E-state index in [0.717, 1.165) is 13.1 Å². The fourth-order valence-corrected chi connectivity index (χ4v) is 5.17. The standard InChI is InChI=1S/C27H30N4O3/c1-18-7-5-12-24(19(18)2)29-13-15-30(16-14-29)26(33)20-8-6-9-21(17-20)31-27(34)23-11-4-3-10-22(23)25(32)28-31/h3-9,12,17,22-23H,10-11,13-16H2,1-2H3,(H,28,32)/t22-,23-/m1/s1. The van der Waals surface area contributed by atoms with Gasteiger partial charge in [0.25, 0.3) is 5.91 Å². The number of aryl methyl sites for hydroxylation is 1. The Bertz CT molecular complexity index is 1170. The van der Waals surface area contributed by atoms with Crippen LogP contribution in [0.5, 0.6) is 0 Å². The number of rotatable bonds is 3. The third kappa shape index (κ3) is 3.95. The minimum Gasteiger partial charge on any atom is -0.368 e. The summed E-state index contributed by atoms with van der Waals surface area (Å²) < 4.78 is 0. The highest BCUT2D eigenvalue weighted by Gasteiger charge is 2.42. The van der Waals surface area contributed by atoms with Gasteiger partial charge in [0.05, 0.1) is 17.5 Å². The number of hydrogen-bond donors (Lipinski definition) is 1. The number of amides is 3. The van der Waals surface area contributed by atoms with E-state index in [1.54, 1.807) is 24.3 Å². The van der Waals surface area contributed by atoms with E-state index in [4.69, 9.17) is 0 Å². The molecule has 2 aromatic rings. The first-order valence-corrected chi connectivity index (χ1v) is 11.9. The van der Waals surface area contributed by atoms with Gasteiger partial charge < -0.3 is 9.80 Å². The van der Waals surface area contributed by atoms with Crippen LogP contribution in [0.2, 0.25) is 0 Å². The van der Waals surface area contributed by atoms with Crippen LogP contribution in [0.1, 0.15) is 34.3 Å². The number of piperazine rings is 1. The van der Waals surface area contributed by atoms with Crippen molar-refractivity contribution in [3.05, 3.63) is 71.3 Å². The van der Waals surface area contributed by atoms with Gasteiger partial charge in [-0.3, -0.25) is 19.8 Å². The number of hydrazine groups is 1. The van der Waals surface area contributed by atoms with Crippen LogP contribution < -0.4 is 15.3 Å². The number of carbonyl (C=O) groups is 3. The molecule has 7 nitrogen and oxygen atoms in total. The highest BCUT2D eigenvalue weighted by molar-refractivity contribution is 6.05. The van der Waals surface area contributed by atoms with Gasteiger partial charge in [0, 0.05) is 37.4 Å². The lowest BCUT2D eigenvalue weighted by molar-refractivity contribution is -0.139. The number of allylic oxidation sites excluding steroid dienone is 2. The second-order valence-electron chi connectivity index (χ2n) is 9.35. The Balaban J connectivity index is 1.29. The summed E-state index contributed by atoms with van der Waals surface area (Å²) in [6.45, 7) is 7.06. The number of carbonyl (C=O) groups excluding carboxylic acids is 3. The van der Waals surface area contributed by atoms with Gasteiger partial charge in [-0.2, -0.15) is 0 Å². The summed E-state index contributed by atoms with van der Waals surface area (Å²) in [4.78, 5) is 43.2. The van der Waals surface area contributed by atoms with Crippen LogP contribution in [0.3, 0.4) is 0 Å². The van der Waals surface area contributed by atoms with Crippen LogP contribution in [0.15, 0.2) is 54.6 Å². The van der Waals surface area contributed by atoms with E-state index >= 15 is 0 Å². The Labute approximate surface area is 200 Å². The molecule has 2 atom stereocenters. The van der Waals surface area contributed by atoms with Gasteiger partial charge in [0.2, 0.25) is 11.8 Å². The quantitative estimate of drug-likeness (QED) is 0.717. The predicted molar refractivity (Wildman–Crippen MR) is 131 cm³/mol. The Kier molecular flexibility index (Phi) is 5.86. The number of anilines is 2. The monoisotopic (exact) mass is 458 g/mol. The summed E-state index contributed by atoms with van der Waals surface area (Å²) in [6, 6.07) is 13.3. The normalized spacial score (nSPS) is 22.5. The summed E-state index contributed by atoms with van der Waals surface area (Å²) >= 11 is 0. The Morgan fingerprint density at radius 3 is 2.38 bits per heavy atom. The van der Waals surface area contributed by atoms with E-state index in [1.165, 1.54) is 21.8 Å². The van der Waals surface area contributed by atoms with Gasteiger partial charge >= 0.3 is 0 Å². The zero-order valence-corrected chi connectivity index (χ0v) is 19.7. The second-order valence-corrected chi connectivity index (χ2v) is 9.35. The Morgan fingerprint density at radius 1 is 0.912 bits per heavy atom. The maximum atomic E-state index is 13.3. The Morgan fingerprint density at radius 2 is 1.62 bits per heavy atom. The van der Waals surface area contributed by atoms with Gasteiger partial charge in [0.1, 0.15) is 0 Å². The van der Waals surface area contributed by atoms with Gasteiger partial charge in [-0.25, -0.2) is 5.01 Å². The molecule has 7 heteroatoms. The van der Waals surface area contributed by atoms with Crippen molar-refractivity contribution in [1.82, 2.24) is 10.3 Å². The molecule has 2 aliphatic heterocycles.